The van der Waals surface area contributed by atoms with Gasteiger partial charge in [-0.15, -0.1) is 0 Å². The molecule has 0 unspecified atom stereocenters. The van der Waals surface area contributed by atoms with Gasteiger partial charge in [0.2, 0.25) is 5.95 Å². The largest absolute Gasteiger partial charge is 0.497 e. The van der Waals surface area contributed by atoms with E-state index in [0.717, 1.165) is 44.9 Å². The van der Waals surface area contributed by atoms with Gasteiger partial charge in [-0.05, 0) is 30.3 Å². The Balaban J connectivity index is 1.50. The van der Waals surface area contributed by atoms with Crippen molar-refractivity contribution in [2.45, 2.75) is 0 Å². The van der Waals surface area contributed by atoms with Gasteiger partial charge in [-0.3, -0.25) is 0 Å². The highest BCUT2D eigenvalue weighted by Gasteiger charge is 2.12. The summed E-state index contributed by atoms with van der Waals surface area (Å²) in [5.41, 5.74) is 4.41. The maximum atomic E-state index is 5.61. The summed E-state index contributed by atoms with van der Waals surface area (Å²) in [4.78, 5) is 9.01. The fourth-order valence-corrected chi connectivity index (χ4v) is 3.31. The summed E-state index contributed by atoms with van der Waals surface area (Å²) in [5, 5.41) is 8.36. The van der Waals surface area contributed by atoms with Crippen LogP contribution in [0.5, 0.6) is 5.75 Å². The van der Waals surface area contributed by atoms with Crippen LogP contribution in [-0.4, -0.2) is 22.2 Å². The zero-order valence-corrected chi connectivity index (χ0v) is 16.2. The molecule has 2 heterocycles. The summed E-state index contributed by atoms with van der Waals surface area (Å²) in [7, 11) is 1.64. The number of hydrogen-bond donors (Lipinski definition) is 1. The Bertz CT molecular complexity index is 1320. The monoisotopic (exact) mass is 394 g/mol. The molecule has 30 heavy (non-hydrogen) atoms. The van der Waals surface area contributed by atoms with Gasteiger partial charge in [0.25, 0.3) is 0 Å². The summed E-state index contributed by atoms with van der Waals surface area (Å²) in [5.74, 6) is 2.02. The molecule has 0 aliphatic heterocycles. The van der Waals surface area contributed by atoms with Crippen molar-refractivity contribution in [3.8, 4) is 28.3 Å². The highest BCUT2D eigenvalue weighted by Crippen LogP contribution is 2.32. The summed E-state index contributed by atoms with van der Waals surface area (Å²) in [6, 6.07) is 25.4. The van der Waals surface area contributed by atoms with Gasteiger partial charge in [0.1, 0.15) is 11.3 Å². The Morgan fingerprint density at radius 2 is 1.77 bits per heavy atom. The summed E-state index contributed by atoms with van der Waals surface area (Å²) < 4.78 is 10.9. The lowest BCUT2D eigenvalue weighted by atomic mass is 10.0. The van der Waals surface area contributed by atoms with E-state index in [1.54, 1.807) is 13.3 Å². The maximum Gasteiger partial charge on any atom is 0.227 e. The Kier molecular flexibility index (Phi) is 4.57. The van der Waals surface area contributed by atoms with Crippen LogP contribution in [0.3, 0.4) is 0 Å². The van der Waals surface area contributed by atoms with Gasteiger partial charge in [-0.1, -0.05) is 47.6 Å². The van der Waals surface area contributed by atoms with Crippen molar-refractivity contribution in [2.75, 3.05) is 12.4 Å². The third-order valence-electron chi connectivity index (χ3n) is 4.79. The Morgan fingerprint density at radius 3 is 2.63 bits per heavy atom. The molecule has 0 amide bonds. The van der Waals surface area contributed by atoms with Crippen molar-refractivity contribution in [1.29, 1.82) is 0 Å². The zero-order chi connectivity index (χ0) is 20.3. The van der Waals surface area contributed by atoms with E-state index in [1.165, 1.54) is 0 Å². The summed E-state index contributed by atoms with van der Waals surface area (Å²) >= 11 is 0. The van der Waals surface area contributed by atoms with Crippen molar-refractivity contribution >= 4 is 22.5 Å². The van der Waals surface area contributed by atoms with Crippen molar-refractivity contribution in [3.05, 3.63) is 85.1 Å². The average Bonchev–Trinajstić information content (AvgIpc) is 3.23. The molecule has 0 saturated carbocycles. The van der Waals surface area contributed by atoms with Gasteiger partial charge in [0.05, 0.1) is 18.2 Å². The molecule has 0 spiro atoms. The second-order valence-electron chi connectivity index (χ2n) is 6.73. The number of ether oxygens (including phenoxy) is 1. The quantitative estimate of drug-likeness (QED) is 0.412. The Labute approximate surface area is 173 Å². The van der Waals surface area contributed by atoms with Gasteiger partial charge in [0, 0.05) is 29.1 Å². The first-order valence-electron chi connectivity index (χ1n) is 9.49. The van der Waals surface area contributed by atoms with Crippen LogP contribution in [0.1, 0.15) is 0 Å². The SMILES string of the molecule is COc1cccc(Nc2nccc(-c3ccc4noc(-c5ccccc5)c4c3)n2)c1. The molecule has 2 aromatic heterocycles. The van der Waals surface area contributed by atoms with E-state index in [1.807, 2.05) is 78.9 Å². The number of anilines is 2. The smallest absolute Gasteiger partial charge is 0.227 e. The number of nitrogens with zero attached hydrogens (tertiary/aromatic N) is 3. The van der Waals surface area contributed by atoms with E-state index in [4.69, 9.17) is 9.26 Å². The van der Waals surface area contributed by atoms with Crippen LogP contribution in [0.15, 0.2) is 89.6 Å². The molecule has 5 rings (SSSR count). The van der Waals surface area contributed by atoms with Gasteiger partial charge in [0.15, 0.2) is 5.76 Å². The first-order chi connectivity index (χ1) is 14.8. The van der Waals surface area contributed by atoms with E-state index in [9.17, 15) is 0 Å². The molecule has 6 heteroatoms. The van der Waals surface area contributed by atoms with Crippen LogP contribution >= 0.6 is 0 Å². The molecular formula is C24H18N4O2. The lowest BCUT2D eigenvalue weighted by molar-refractivity contribution is 0.415. The molecule has 3 aromatic carbocycles. The van der Waals surface area contributed by atoms with Crippen molar-refractivity contribution in [3.63, 3.8) is 0 Å². The topological polar surface area (TPSA) is 73.1 Å². The zero-order valence-electron chi connectivity index (χ0n) is 16.2. The fourth-order valence-electron chi connectivity index (χ4n) is 3.31. The van der Waals surface area contributed by atoms with Gasteiger partial charge in [-0.2, -0.15) is 0 Å². The number of nitrogens with one attached hydrogen (secondary N) is 1. The van der Waals surface area contributed by atoms with Crippen LogP contribution in [0.2, 0.25) is 0 Å². The number of benzene rings is 3. The van der Waals surface area contributed by atoms with Gasteiger partial charge >= 0.3 is 0 Å². The molecule has 6 nitrogen and oxygen atoms in total. The fraction of sp³-hybridized carbons (Fsp3) is 0.0417. The first-order valence-corrected chi connectivity index (χ1v) is 9.49. The lowest BCUT2D eigenvalue weighted by Gasteiger charge is -2.08. The number of hydrogen-bond acceptors (Lipinski definition) is 6. The second-order valence-corrected chi connectivity index (χ2v) is 6.73. The number of rotatable bonds is 5. The standard InChI is InChI=1S/C24H18N4O2/c1-29-19-9-5-8-18(15-19)26-24-25-13-12-21(27-24)17-10-11-22-20(14-17)23(30-28-22)16-6-3-2-4-7-16/h2-15H,1H3,(H,25,26,27). The maximum absolute atomic E-state index is 5.61. The summed E-state index contributed by atoms with van der Waals surface area (Å²) in [6.45, 7) is 0. The number of fused-ring (bicyclic) bond motifs is 1. The molecule has 0 fully saturated rings. The third-order valence-corrected chi connectivity index (χ3v) is 4.79. The van der Waals surface area contributed by atoms with E-state index in [0.29, 0.717) is 5.95 Å². The molecular weight excluding hydrogens is 376 g/mol. The highest BCUT2D eigenvalue weighted by molar-refractivity contribution is 5.94. The van der Waals surface area contributed by atoms with Crippen molar-refractivity contribution < 1.29 is 9.26 Å². The number of methoxy groups -OCH3 is 1. The molecule has 0 atom stereocenters. The molecule has 1 N–H and O–H groups in total. The normalized spacial score (nSPS) is 10.8. The van der Waals surface area contributed by atoms with Gasteiger partial charge < -0.3 is 14.6 Å². The molecule has 0 saturated heterocycles. The Morgan fingerprint density at radius 1 is 0.867 bits per heavy atom. The highest BCUT2D eigenvalue weighted by atomic mass is 16.5. The average molecular weight is 394 g/mol. The molecule has 0 radical (unpaired) electrons. The van der Waals surface area contributed by atoms with Crippen LogP contribution in [-0.2, 0) is 0 Å². The van der Waals surface area contributed by atoms with Crippen molar-refractivity contribution in [1.82, 2.24) is 15.1 Å². The molecule has 5 aromatic rings. The minimum atomic E-state index is 0.509. The predicted octanol–water partition coefficient (Wildman–Crippen LogP) is 5.70. The predicted molar refractivity (Wildman–Crippen MR) is 117 cm³/mol. The van der Waals surface area contributed by atoms with Crippen LogP contribution in [0.4, 0.5) is 11.6 Å². The minimum Gasteiger partial charge on any atom is -0.497 e. The lowest BCUT2D eigenvalue weighted by Crippen LogP contribution is -1.98. The molecule has 0 aliphatic carbocycles. The summed E-state index contributed by atoms with van der Waals surface area (Å²) in [6.07, 6.45) is 1.74. The van der Waals surface area contributed by atoms with E-state index in [-0.39, 0.29) is 0 Å². The first kappa shape index (κ1) is 17.9. The van der Waals surface area contributed by atoms with Crippen LogP contribution in [0.25, 0.3) is 33.5 Å². The van der Waals surface area contributed by atoms with Crippen LogP contribution in [0, 0.1) is 0 Å². The molecule has 0 bridgehead atoms. The van der Waals surface area contributed by atoms with E-state index < -0.39 is 0 Å². The second kappa shape index (κ2) is 7.67. The van der Waals surface area contributed by atoms with Crippen molar-refractivity contribution in [2.24, 2.45) is 0 Å². The van der Waals surface area contributed by atoms with E-state index in [2.05, 4.69) is 20.4 Å². The third kappa shape index (κ3) is 3.46. The van der Waals surface area contributed by atoms with Crippen LogP contribution < -0.4 is 10.1 Å². The Hall–Kier alpha value is -4.19. The molecule has 146 valence electrons. The number of aromatic nitrogens is 3. The molecule has 0 aliphatic rings. The van der Waals surface area contributed by atoms with Gasteiger partial charge in [-0.25, -0.2) is 9.97 Å². The minimum absolute atomic E-state index is 0.509. The van der Waals surface area contributed by atoms with E-state index >= 15 is 0 Å².